The number of nitrogens with zero attached hydrogens (tertiary/aromatic N) is 1. The van der Waals surface area contributed by atoms with Crippen LogP contribution in [0.1, 0.15) is 17.3 Å². The molecule has 1 aliphatic heterocycles. The fourth-order valence-electron chi connectivity index (χ4n) is 2.73. The van der Waals surface area contributed by atoms with E-state index < -0.39 is 15.8 Å². The number of sulfonamides is 1. The van der Waals surface area contributed by atoms with Gasteiger partial charge in [-0.1, -0.05) is 6.07 Å². The molecule has 2 aromatic rings. The molecule has 0 radical (unpaired) electrons. The molecule has 26 heavy (non-hydrogen) atoms. The molecule has 3 rings (SSSR count). The fourth-order valence-corrected chi connectivity index (χ4v) is 3.78. The van der Waals surface area contributed by atoms with E-state index >= 15 is 0 Å². The van der Waals surface area contributed by atoms with Crippen molar-refractivity contribution < 1.29 is 22.3 Å². The van der Waals surface area contributed by atoms with Gasteiger partial charge in [-0.2, -0.15) is 0 Å². The first-order chi connectivity index (χ1) is 12.3. The van der Waals surface area contributed by atoms with Crippen molar-refractivity contribution in [2.75, 3.05) is 24.4 Å². The van der Waals surface area contributed by atoms with Crippen molar-refractivity contribution in [1.82, 2.24) is 4.90 Å². The summed E-state index contributed by atoms with van der Waals surface area (Å²) in [5, 5.41) is 0. The number of carbonyl (C=O) groups excluding carboxylic acids is 1. The van der Waals surface area contributed by atoms with E-state index in [-0.39, 0.29) is 22.6 Å². The minimum atomic E-state index is -3.87. The van der Waals surface area contributed by atoms with Crippen molar-refractivity contribution in [1.29, 1.82) is 0 Å². The second-order valence-corrected chi connectivity index (χ2v) is 7.76. The van der Waals surface area contributed by atoms with Gasteiger partial charge < -0.3 is 9.64 Å². The van der Waals surface area contributed by atoms with Crippen LogP contribution >= 0.6 is 0 Å². The summed E-state index contributed by atoms with van der Waals surface area (Å²) in [6, 6.07) is 10.8. The number of nitrogens with one attached hydrogen (secondary N) is 1. The van der Waals surface area contributed by atoms with Gasteiger partial charge in [-0.15, -0.1) is 0 Å². The van der Waals surface area contributed by atoms with Gasteiger partial charge in [-0.25, -0.2) is 12.8 Å². The molecule has 0 aromatic heterocycles. The number of rotatable bonds is 4. The Labute approximate surface area is 151 Å². The SMILES string of the molecule is CC1CN(C(=O)c2cccc(NS(=O)(=O)c3ccc(F)cc3)c2)CCO1. The van der Waals surface area contributed by atoms with Crippen LogP contribution in [-0.4, -0.2) is 45.0 Å². The summed E-state index contributed by atoms with van der Waals surface area (Å²) in [4.78, 5) is 14.2. The highest BCUT2D eigenvalue weighted by atomic mass is 32.2. The average Bonchev–Trinajstić information content (AvgIpc) is 2.61. The second kappa shape index (κ2) is 7.43. The van der Waals surface area contributed by atoms with E-state index in [4.69, 9.17) is 4.74 Å². The molecule has 0 bridgehead atoms. The van der Waals surface area contributed by atoms with Crippen molar-refractivity contribution in [3.63, 3.8) is 0 Å². The number of hydrogen-bond acceptors (Lipinski definition) is 4. The summed E-state index contributed by atoms with van der Waals surface area (Å²) in [5.41, 5.74) is 0.653. The van der Waals surface area contributed by atoms with E-state index in [2.05, 4.69) is 4.72 Å². The van der Waals surface area contributed by atoms with E-state index in [1.807, 2.05) is 6.92 Å². The van der Waals surface area contributed by atoms with Gasteiger partial charge in [0.15, 0.2) is 0 Å². The van der Waals surface area contributed by atoms with Crippen LogP contribution in [0.25, 0.3) is 0 Å². The zero-order valence-electron chi connectivity index (χ0n) is 14.2. The number of anilines is 1. The molecular formula is C18H19FN2O4S. The Kier molecular flexibility index (Phi) is 5.24. The first-order valence-corrected chi connectivity index (χ1v) is 9.63. The number of carbonyl (C=O) groups is 1. The molecule has 1 N–H and O–H groups in total. The lowest BCUT2D eigenvalue weighted by Crippen LogP contribution is -2.44. The third kappa shape index (κ3) is 4.20. The molecule has 0 spiro atoms. The maximum atomic E-state index is 13.0. The minimum Gasteiger partial charge on any atom is -0.375 e. The summed E-state index contributed by atoms with van der Waals surface area (Å²) < 4.78 is 45.6. The molecule has 1 aliphatic rings. The maximum absolute atomic E-state index is 13.0. The van der Waals surface area contributed by atoms with E-state index in [0.29, 0.717) is 25.3 Å². The molecule has 1 fully saturated rings. The number of amides is 1. The van der Waals surface area contributed by atoms with Crippen LogP contribution in [0.5, 0.6) is 0 Å². The highest BCUT2D eigenvalue weighted by molar-refractivity contribution is 7.92. The molecule has 1 atom stereocenters. The van der Waals surface area contributed by atoms with Crippen molar-refractivity contribution >= 4 is 21.6 Å². The number of ether oxygens (including phenoxy) is 1. The largest absolute Gasteiger partial charge is 0.375 e. The van der Waals surface area contributed by atoms with Gasteiger partial charge >= 0.3 is 0 Å². The molecule has 8 heteroatoms. The third-order valence-electron chi connectivity index (χ3n) is 4.01. The predicted octanol–water partition coefficient (Wildman–Crippen LogP) is 2.49. The van der Waals surface area contributed by atoms with Crippen LogP contribution in [0.4, 0.5) is 10.1 Å². The summed E-state index contributed by atoms with van der Waals surface area (Å²) in [6.45, 7) is 3.36. The molecule has 2 aromatic carbocycles. The number of benzene rings is 2. The Balaban J connectivity index is 1.78. The van der Waals surface area contributed by atoms with Gasteiger partial charge in [0.25, 0.3) is 15.9 Å². The van der Waals surface area contributed by atoms with E-state index in [9.17, 15) is 17.6 Å². The molecular weight excluding hydrogens is 359 g/mol. The van der Waals surface area contributed by atoms with Gasteiger partial charge in [-0.05, 0) is 49.4 Å². The highest BCUT2D eigenvalue weighted by Gasteiger charge is 2.23. The van der Waals surface area contributed by atoms with Crippen molar-refractivity contribution in [2.24, 2.45) is 0 Å². The van der Waals surface area contributed by atoms with Gasteiger partial charge in [0.05, 0.1) is 17.6 Å². The summed E-state index contributed by atoms with van der Waals surface area (Å²) in [5.74, 6) is -0.695. The van der Waals surface area contributed by atoms with Crippen LogP contribution in [0, 0.1) is 5.82 Å². The lowest BCUT2D eigenvalue weighted by molar-refractivity contribution is -0.0124. The van der Waals surface area contributed by atoms with Crippen LogP contribution < -0.4 is 4.72 Å². The van der Waals surface area contributed by atoms with E-state index in [0.717, 1.165) is 12.1 Å². The van der Waals surface area contributed by atoms with Crippen molar-refractivity contribution in [3.05, 3.63) is 59.9 Å². The third-order valence-corrected chi connectivity index (χ3v) is 5.41. The first-order valence-electron chi connectivity index (χ1n) is 8.14. The van der Waals surface area contributed by atoms with Crippen LogP contribution in [0.15, 0.2) is 53.4 Å². The highest BCUT2D eigenvalue weighted by Crippen LogP contribution is 2.19. The Hall–Kier alpha value is -2.45. The number of morpholine rings is 1. The second-order valence-electron chi connectivity index (χ2n) is 6.07. The normalized spacial score (nSPS) is 17.8. The fraction of sp³-hybridized carbons (Fsp3) is 0.278. The van der Waals surface area contributed by atoms with Crippen molar-refractivity contribution in [3.8, 4) is 0 Å². The lowest BCUT2D eigenvalue weighted by atomic mass is 10.1. The average molecular weight is 378 g/mol. The molecule has 6 nitrogen and oxygen atoms in total. The predicted molar refractivity (Wildman–Crippen MR) is 95.0 cm³/mol. The topological polar surface area (TPSA) is 75.7 Å². The summed E-state index contributed by atoms with van der Waals surface area (Å²) in [7, 11) is -3.87. The smallest absolute Gasteiger partial charge is 0.261 e. The summed E-state index contributed by atoms with van der Waals surface area (Å²) in [6.07, 6.45) is -0.0344. The quantitative estimate of drug-likeness (QED) is 0.887. The van der Waals surface area contributed by atoms with Crippen LogP contribution in [-0.2, 0) is 14.8 Å². The monoisotopic (exact) mass is 378 g/mol. The maximum Gasteiger partial charge on any atom is 0.261 e. The molecule has 1 amide bonds. The Bertz CT molecular complexity index is 900. The van der Waals surface area contributed by atoms with Gasteiger partial charge in [0.2, 0.25) is 0 Å². The zero-order valence-corrected chi connectivity index (χ0v) is 15.0. The van der Waals surface area contributed by atoms with Gasteiger partial charge in [0, 0.05) is 24.3 Å². The standard InChI is InChI=1S/C18H19FN2O4S/c1-13-12-21(9-10-25-13)18(22)14-3-2-4-16(11-14)20-26(23,24)17-7-5-15(19)6-8-17/h2-8,11,13,20H,9-10,12H2,1H3. The minimum absolute atomic E-state index is 0.0344. The van der Waals surface area contributed by atoms with Gasteiger partial charge in [0.1, 0.15) is 5.82 Å². The molecule has 1 unspecified atom stereocenters. The molecule has 1 heterocycles. The van der Waals surface area contributed by atoms with E-state index in [1.165, 1.54) is 18.2 Å². The lowest BCUT2D eigenvalue weighted by Gasteiger charge is -2.31. The Morgan fingerprint density at radius 2 is 1.96 bits per heavy atom. The zero-order chi connectivity index (χ0) is 18.7. The molecule has 0 aliphatic carbocycles. The van der Waals surface area contributed by atoms with Crippen LogP contribution in [0.2, 0.25) is 0 Å². The molecule has 1 saturated heterocycles. The van der Waals surface area contributed by atoms with Crippen molar-refractivity contribution in [2.45, 2.75) is 17.9 Å². The first kappa shape index (κ1) is 18.3. The molecule has 0 saturated carbocycles. The Morgan fingerprint density at radius 1 is 1.23 bits per heavy atom. The molecule has 138 valence electrons. The van der Waals surface area contributed by atoms with E-state index in [1.54, 1.807) is 23.1 Å². The Morgan fingerprint density at radius 3 is 2.65 bits per heavy atom. The number of hydrogen-bond donors (Lipinski definition) is 1. The van der Waals surface area contributed by atoms with Gasteiger partial charge in [-0.3, -0.25) is 9.52 Å². The number of halogens is 1. The van der Waals surface area contributed by atoms with Crippen LogP contribution in [0.3, 0.4) is 0 Å². The summed E-state index contributed by atoms with van der Waals surface area (Å²) >= 11 is 0.